The van der Waals surface area contributed by atoms with Gasteiger partial charge in [0.1, 0.15) is 5.01 Å². The van der Waals surface area contributed by atoms with Gasteiger partial charge < -0.3 is 0 Å². The molecule has 0 aliphatic carbocycles. The Morgan fingerprint density at radius 2 is 2.00 bits per heavy atom. The van der Waals surface area contributed by atoms with Gasteiger partial charge in [0.05, 0.1) is 23.9 Å². The fourth-order valence-electron chi connectivity index (χ4n) is 1.90. The lowest BCUT2D eigenvalue weighted by Gasteiger charge is -2.01. The average Bonchev–Trinajstić information content (AvgIpc) is 2.82. The first kappa shape index (κ1) is 15.1. The Morgan fingerprint density at radius 1 is 1.30 bits per heavy atom. The molecule has 0 saturated carbocycles. The van der Waals surface area contributed by atoms with Crippen molar-refractivity contribution in [2.75, 3.05) is 0 Å². The second-order valence-corrected chi connectivity index (χ2v) is 7.22. The lowest BCUT2D eigenvalue weighted by Crippen LogP contribution is -1.93. The van der Waals surface area contributed by atoms with Gasteiger partial charge in [-0.2, -0.15) is 5.26 Å². The van der Waals surface area contributed by atoms with Gasteiger partial charge in [-0.1, -0.05) is 31.5 Å². The number of benzene rings is 1. The van der Waals surface area contributed by atoms with Crippen molar-refractivity contribution in [2.24, 2.45) is 0 Å². The maximum Gasteiger partial charge on any atom is 0.103 e. The molecule has 20 heavy (non-hydrogen) atoms. The van der Waals surface area contributed by atoms with Gasteiger partial charge in [-0.25, -0.2) is 4.98 Å². The summed E-state index contributed by atoms with van der Waals surface area (Å²) in [6.07, 6.45) is 0.473. The maximum absolute atomic E-state index is 8.89. The van der Waals surface area contributed by atoms with Gasteiger partial charge in [-0.15, -0.1) is 23.1 Å². The summed E-state index contributed by atoms with van der Waals surface area (Å²) in [5.74, 6) is 1.26. The Balaban J connectivity index is 2.08. The van der Waals surface area contributed by atoms with Gasteiger partial charge in [0.25, 0.3) is 0 Å². The molecule has 4 heteroatoms. The van der Waals surface area contributed by atoms with E-state index in [1.165, 1.54) is 10.5 Å². The second kappa shape index (κ2) is 6.92. The second-order valence-electron chi connectivity index (χ2n) is 5.01. The van der Waals surface area contributed by atoms with Crippen molar-refractivity contribution >= 4 is 23.1 Å². The molecule has 2 nitrogen and oxygen atoms in total. The Labute approximate surface area is 128 Å². The Morgan fingerprint density at radius 3 is 2.60 bits per heavy atom. The van der Waals surface area contributed by atoms with E-state index in [-0.39, 0.29) is 0 Å². The summed E-state index contributed by atoms with van der Waals surface area (Å²) < 4.78 is 0. The molecular formula is C16H18N2S2. The van der Waals surface area contributed by atoms with E-state index in [0.29, 0.717) is 12.3 Å². The van der Waals surface area contributed by atoms with E-state index in [1.54, 1.807) is 23.1 Å². The molecule has 2 aromatic rings. The molecule has 0 N–H and O–H groups in total. The number of nitriles is 1. The van der Waals surface area contributed by atoms with E-state index in [2.05, 4.69) is 51.1 Å². The minimum Gasteiger partial charge on any atom is -0.245 e. The van der Waals surface area contributed by atoms with E-state index < -0.39 is 0 Å². The largest absolute Gasteiger partial charge is 0.245 e. The topological polar surface area (TPSA) is 36.7 Å². The van der Waals surface area contributed by atoms with Gasteiger partial charge in [-0.3, -0.25) is 0 Å². The summed E-state index contributed by atoms with van der Waals surface area (Å²) in [6.45, 7) is 6.36. The van der Waals surface area contributed by atoms with Gasteiger partial charge in [-0.05, 0) is 25.0 Å². The van der Waals surface area contributed by atoms with Crippen LogP contribution in [0.15, 0.2) is 29.2 Å². The van der Waals surface area contributed by atoms with Crippen molar-refractivity contribution in [3.05, 3.63) is 45.4 Å². The van der Waals surface area contributed by atoms with E-state index in [9.17, 15) is 0 Å². The van der Waals surface area contributed by atoms with Crippen LogP contribution in [0, 0.1) is 18.3 Å². The van der Waals surface area contributed by atoms with Crippen molar-refractivity contribution in [3.63, 3.8) is 0 Å². The summed E-state index contributed by atoms with van der Waals surface area (Å²) in [7, 11) is 0. The number of aryl methyl sites for hydroxylation is 1. The molecule has 0 radical (unpaired) electrons. The molecule has 1 heterocycles. The first-order chi connectivity index (χ1) is 9.60. The zero-order valence-electron chi connectivity index (χ0n) is 12.0. The first-order valence-electron chi connectivity index (χ1n) is 6.65. The van der Waals surface area contributed by atoms with Crippen LogP contribution in [0.2, 0.25) is 0 Å². The normalized spacial score (nSPS) is 10.8. The molecule has 0 unspecified atom stereocenters. The van der Waals surface area contributed by atoms with Crippen LogP contribution >= 0.6 is 23.1 Å². The molecule has 2 rings (SSSR count). The smallest absolute Gasteiger partial charge is 0.103 e. The van der Waals surface area contributed by atoms with Crippen LogP contribution in [0.3, 0.4) is 0 Å². The van der Waals surface area contributed by atoms with Crippen molar-refractivity contribution in [1.82, 2.24) is 4.98 Å². The van der Waals surface area contributed by atoms with Gasteiger partial charge in [0.2, 0.25) is 0 Å². The lowest BCUT2D eigenvalue weighted by atomic mass is 10.1. The molecule has 1 aromatic carbocycles. The Hall–Kier alpha value is -1.31. The van der Waals surface area contributed by atoms with E-state index in [0.717, 1.165) is 21.3 Å². The van der Waals surface area contributed by atoms with Crippen LogP contribution in [-0.4, -0.2) is 4.98 Å². The molecule has 0 aliphatic rings. The van der Waals surface area contributed by atoms with Crippen molar-refractivity contribution < 1.29 is 0 Å². The first-order valence-corrected chi connectivity index (χ1v) is 8.45. The minimum atomic E-state index is 0.382. The lowest BCUT2D eigenvalue weighted by molar-refractivity contribution is 0.816. The van der Waals surface area contributed by atoms with E-state index in [1.807, 2.05) is 0 Å². The predicted molar refractivity (Wildman–Crippen MR) is 86.3 cm³/mol. The highest BCUT2D eigenvalue weighted by molar-refractivity contribution is 7.98. The third-order valence-corrected chi connectivity index (χ3v) is 5.22. The minimum absolute atomic E-state index is 0.382. The summed E-state index contributed by atoms with van der Waals surface area (Å²) in [5.41, 5.74) is 2.37. The molecule has 0 spiro atoms. The number of nitrogens with zero attached hydrogens (tertiary/aromatic N) is 2. The van der Waals surface area contributed by atoms with Gasteiger partial charge in [0, 0.05) is 9.77 Å². The third-order valence-electron chi connectivity index (χ3n) is 2.94. The maximum atomic E-state index is 8.89. The molecular weight excluding hydrogens is 284 g/mol. The van der Waals surface area contributed by atoms with Crippen LogP contribution in [0.25, 0.3) is 0 Å². The van der Waals surface area contributed by atoms with Crippen LogP contribution in [0.5, 0.6) is 0 Å². The molecule has 1 aromatic heterocycles. The molecule has 0 aliphatic heterocycles. The van der Waals surface area contributed by atoms with E-state index >= 15 is 0 Å². The number of rotatable bonds is 5. The van der Waals surface area contributed by atoms with Crippen molar-refractivity contribution in [3.8, 4) is 6.07 Å². The van der Waals surface area contributed by atoms with Gasteiger partial charge >= 0.3 is 0 Å². The predicted octanol–water partition coefficient (Wildman–Crippen LogP) is 4.93. The fraction of sp³-hybridized carbons (Fsp3) is 0.375. The van der Waals surface area contributed by atoms with E-state index in [4.69, 9.17) is 10.2 Å². The van der Waals surface area contributed by atoms with Gasteiger partial charge in [0.15, 0.2) is 0 Å². The monoisotopic (exact) mass is 302 g/mol. The van der Waals surface area contributed by atoms with Crippen LogP contribution in [0.4, 0.5) is 0 Å². The van der Waals surface area contributed by atoms with Crippen LogP contribution in [0.1, 0.15) is 40.9 Å². The number of aromatic nitrogens is 1. The average molecular weight is 302 g/mol. The van der Waals surface area contributed by atoms with Crippen molar-refractivity contribution in [2.45, 2.75) is 43.8 Å². The quantitative estimate of drug-likeness (QED) is 0.734. The molecule has 0 bridgehead atoms. The highest BCUT2D eigenvalue weighted by atomic mass is 32.2. The number of hydrogen-bond donors (Lipinski definition) is 0. The SMILES string of the molecule is Cc1ccc(SCc2nc(C(C)C)c(CC#N)s2)cc1. The number of hydrogen-bond acceptors (Lipinski definition) is 4. The number of thioether (sulfide) groups is 1. The fourth-order valence-corrected chi connectivity index (χ4v) is 3.95. The van der Waals surface area contributed by atoms with Crippen molar-refractivity contribution in [1.29, 1.82) is 5.26 Å². The summed E-state index contributed by atoms with van der Waals surface area (Å²) in [5, 5.41) is 10.0. The molecule has 104 valence electrons. The highest BCUT2D eigenvalue weighted by Crippen LogP contribution is 2.30. The Bertz CT molecular complexity index is 606. The molecule has 0 atom stereocenters. The van der Waals surface area contributed by atoms with Crippen LogP contribution in [-0.2, 0) is 12.2 Å². The highest BCUT2D eigenvalue weighted by Gasteiger charge is 2.14. The third kappa shape index (κ3) is 3.84. The number of thiazole rings is 1. The summed E-state index contributed by atoms with van der Waals surface area (Å²) >= 11 is 3.48. The molecule has 0 saturated heterocycles. The Kier molecular flexibility index (Phi) is 5.22. The molecule has 0 amide bonds. The zero-order valence-corrected chi connectivity index (χ0v) is 13.6. The summed E-state index contributed by atoms with van der Waals surface area (Å²) in [4.78, 5) is 7.10. The molecule has 0 fully saturated rings. The standard InChI is InChI=1S/C16H18N2S2/c1-11(2)16-14(8-9-17)20-15(18-16)10-19-13-6-4-12(3)5-7-13/h4-7,11H,8,10H2,1-3H3. The van der Waals surface area contributed by atoms with Crippen LogP contribution < -0.4 is 0 Å². The summed E-state index contributed by atoms with van der Waals surface area (Å²) in [6, 6.07) is 10.8. The zero-order chi connectivity index (χ0) is 14.5.